The molecule has 0 aliphatic carbocycles. The van der Waals surface area contributed by atoms with Crippen LogP contribution in [0.5, 0.6) is 11.5 Å². The Morgan fingerprint density at radius 2 is 1.68 bits per heavy atom. The van der Waals surface area contributed by atoms with Gasteiger partial charge in [-0.2, -0.15) is 0 Å². The van der Waals surface area contributed by atoms with E-state index in [2.05, 4.69) is 20.8 Å². The zero-order valence-corrected chi connectivity index (χ0v) is 22.7. The normalized spacial score (nSPS) is 10.6. The molecule has 0 bridgehead atoms. The molecule has 0 spiro atoms. The number of aromatic nitrogens is 3. The number of hydrogen-bond acceptors (Lipinski definition) is 7. The molecule has 4 aromatic rings. The third-order valence-corrected chi connectivity index (χ3v) is 6.97. The van der Waals surface area contributed by atoms with Crippen molar-refractivity contribution in [3.63, 3.8) is 0 Å². The van der Waals surface area contributed by atoms with Gasteiger partial charge in [0.1, 0.15) is 11.5 Å². The lowest BCUT2D eigenvalue weighted by molar-refractivity contribution is -0.113. The number of carbonyl (C=O) groups excluding carboxylic acids is 2. The molecule has 0 saturated carbocycles. The molecule has 4 rings (SSSR count). The summed E-state index contributed by atoms with van der Waals surface area (Å²) in [4.78, 5) is 25.3. The summed E-state index contributed by atoms with van der Waals surface area (Å²) >= 11 is 13.6. The van der Waals surface area contributed by atoms with Crippen molar-refractivity contribution in [2.24, 2.45) is 0 Å². The Balaban J connectivity index is 1.51. The molecule has 2 amide bonds. The van der Waals surface area contributed by atoms with Gasteiger partial charge in [-0.25, -0.2) is 0 Å². The minimum absolute atomic E-state index is 0.0711. The first-order valence-electron chi connectivity index (χ1n) is 11.3. The van der Waals surface area contributed by atoms with Crippen LogP contribution in [0.25, 0.3) is 5.69 Å². The molecule has 0 unspecified atom stereocenters. The van der Waals surface area contributed by atoms with Crippen LogP contribution in [-0.4, -0.2) is 46.6 Å². The molecule has 12 heteroatoms. The molecule has 1 aromatic heterocycles. The van der Waals surface area contributed by atoms with Crippen LogP contribution >= 0.6 is 35.0 Å². The highest BCUT2D eigenvalue weighted by atomic mass is 35.5. The Labute approximate surface area is 233 Å². The molecule has 9 nitrogen and oxygen atoms in total. The van der Waals surface area contributed by atoms with Crippen LogP contribution in [0.15, 0.2) is 71.9 Å². The number of anilines is 1. The highest BCUT2D eigenvalue weighted by Gasteiger charge is 2.18. The molecule has 2 N–H and O–H groups in total. The van der Waals surface area contributed by atoms with Crippen LogP contribution in [0.3, 0.4) is 0 Å². The van der Waals surface area contributed by atoms with Crippen LogP contribution in [0, 0.1) is 0 Å². The fourth-order valence-corrected chi connectivity index (χ4v) is 4.48. The average molecular weight is 572 g/mol. The molecular weight excluding hydrogens is 549 g/mol. The summed E-state index contributed by atoms with van der Waals surface area (Å²) in [5.74, 6) is 1.25. The van der Waals surface area contributed by atoms with Crippen molar-refractivity contribution in [1.29, 1.82) is 0 Å². The molecule has 0 saturated heterocycles. The summed E-state index contributed by atoms with van der Waals surface area (Å²) in [6, 6.07) is 18.9. The van der Waals surface area contributed by atoms with E-state index in [0.29, 0.717) is 49.5 Å². The van der Waals surface area contributed by atoms with E-state index in [1.807, 2.05) is 0 Å². The SMILES string of the molecule is COc1ccc(NC(=O)CSc2nnc(CNC(=O)c3cccc(OC)c3)n2-c2ccc(Cl)c(Cl)c2)cc1. The van der Waals surface area contributed by atoms with Crippen LogP contribution in [0.1, 0.15) is 16.2 Å². The fraction of sp³-hybridized carbons (Fsp3) is 0.154. The van der Waals surface area contributed by atoms with Crippen LogP contribution in [0.2, 0.25) is 10.0 Å². The maximum absolute atomic E-state index is 12.7. The van der Waals surface area contributed by atoms with E-state index in [0.717, 1.165) is 0 Å². The third-order valence-electron chi connectivity index (χ3n) is 5.31. The lowest BCUT2D eigenvalue weighted by Crippen LogP contribution is -2.24. The van der Waals surface area contributed by atoms with E-state index in [4.69, 9.17) is 32.7 Å². The second-order valence-corrected chi connectivity index (χ2v) is 9.57. The minimum Gasteiger partial charge on any atom is -0.497 e. The molecule has 0 radical (unpaired) electrons. The first kappa shape index (κ1) is 27.3. The highest BCUT2D eigenvalue weighted by Crippen LogP contribution is 2.28. The van der Waals surface area contributed by atoms with Crippen LogP contribution < -0.4 is 20.1 Å². The Bertz CT molecular complexity index is 1450. The van der Waals surface area contributed by atoms with Crippen LogP contribution in [-0.2, 0) is 11.3 Å². The zero-order valence-electron chi connectivity index (χ0n) is 20.4. The van der Waals surface area contributed by atoms with E-state index in [-0.39, 0.29) is 24.1 Å². The molecule has 0 aliphatic heterocycles. The maximum atomic E-state index is 12.7. The minimum atomic E-state index is -0.305. The van der Waals surface area contributed by atoms with Crippen molar-refractivity contribution < 1.29 is 19.1 Å². The molecule has 0 aliphatic rings. The Morgan fingerprint density at radius 1 is 0.921 bits per heavy atom. The fourth-order valence-electron chi connectivity index (χ4n) is 3.42. The molecule has 196 valence electrons. The van der Waals surface area contributed by atoms with Gasteiger partial charge < -0.3 is 20.1 Å². The van der Waals surface area contributed by atoms with E-state index in [1.54, 1.807) is 78.4 Å². The Kier molecular flexibility index (Phi) is 9.11. The van der Waals surface area contributed by atoms with Gasteiger partial charge in [-0.3, -0.25) is 14.2 Å². The third kappa shape index (κ3) is 6.77. The molecule has 0 atom stereocenters. The molecular formula is C26H23Cl2N5O4S. The second-order valence-electron chi connectivity index (χ2n) is 7.81. The lowest BCUT2D eigenvalue weighted by atomic mass is 10.2. The number of rotatable bonds is 10. The van der Waals surface area contributed by atoms with Crippen molar-refractivity contribution in [2.75, 3.05) is 25.3 Å². The predicted molar refractivity (Wildman–Crippen MR) is 148 cm³/mol. The zero-order chi connectivity index (χ0) is 27.1. The monoisotopic (exact) mass is 571 g/mol. The largest absolute Gasteiger partial charge is 0.497 e. The molecule has 1 heterocycles. The van der Waals surface area contributed by atoms with Crippen molar-refractivity contribution >= 4 is 52.5 Å². The average Bonchev–Trinajstić information content (AvgIpc) is 3.35. The number of benzene rings is 3. The molecule has 3 aromatic carbocycles. The van der Waals surface area contributed by atoms with Gasteiger partial charge in [0.2, 0.25) is 5.91 Å². The Morgan fingerprint density at radius 3 is 2.39 bits per heavy atom. The number of nitrogens with zero attached hydrogens (tertiary/aromatic N) is 3. The number of hydrogen-bond donors (Lipinski definition) is 2. The number of thioether (sulfide) groups is 1. The topological polar surface area (TPSA) is 107 Å². The van der Waals surface area contributed by atoms with Crippen molar-refractivity contribution in [2.45, 2.75) is 11.7 Å². The van der Waals surface area contributed by atoms with E-state index in [9.17, 15) is 9.59 Å². The van der Waals surface area contributed by atoms with Gasteiger partial charge in [0.15, 0.2) is 11.0 Å². The highest BCUT2D eigenvalue weighted by molar-refractivity contribution is 7.99. The number of carbonyl (C=O) groups is 2. The van der Waals surface area contributed by atoms with E-state index in [1.165, 1.54) is 18.9 Å². The number of ether oxygens (including phenoxy) is 2. The van der Waals surface area contributed by atoms with Gasteiger partial charge in [-0.15, -0.1) is 10.2 Å². The summed E-state index contributed by atoms with van der Waals surface area (Å²) in [6.45, 7) is 0.0713. The molecule has 38 heavy (non-hydrogen) atoms. The second kappa shape index (κ2) is 12.7. The summed E-state index contributed by atoms with van der Waals surface area (Å²) in [7, 11) is 3.11. The predicted octanol–water partition coefficient (Wildman–Crippen LogP) is 5.25. The number of methoxy groups -OCH3 is 2. The summed E-state index contributed by atoms with van der Waals surface area (Å²) in [5.41, 5.74) is 1.71. The van der Waals surface area contributed by atoms with Gasteiger partial charge in [-0.1, -0.05) is 41.0 Å². The van der Waals surface area contributed by atoms with Crippen molar-refractivity contribution in [3.05, 3.63) is 88.2 Å². The van der Waals surface area contributed by atoms with Crippen molar-refractivity contribution in [1.82, 2.24) is 20.1 Å². The first-order valence-corrected chi connectivity index (χ1v) is 13.0. The summed E-state index contributed by atoms with van der Waals surface area (Å²) in [5, 5.41) is 15.4. The van der Waals surface area contributed by atoms with E-state index < -0.39 is 0 Å². The van der Waals surface area contributed by atoms with Gasteiger partial charge in [-0.05, 0) is 60.7 Å². The number of amides is 2. The summed E-state index contributed by atoms with van der Waals surface area (Å²) < 4.78 is 12.1. The summed E-state index contributed by atoms with van der Waals surface area (Å²) in [6.07, 6.45) is 0. The lowest BCUT2D eigenvalue weighted by Gasteiger charge is -2.12. The van der Waals surface area contributed by atoms with Gasteiger partial charge in [0.25, 0.3) is 5.91 Å². The quantitative estimate of drug-likeness (QED) is 0.250. The van der Waals surface area contributed by atoms with Gasteiger partial charge in [0.05, 0.1) is 42.2 Å². The smallest absolute Gasteiger partial charge is 0.251 e. The maximum Gasteiger partial charge on any atom is 0.251 e. The van der Waals surface area contributed by atoms with Gasteiger partial charge in [0, 0.05) is 11.3 Å². The van der Waals surface area contributed by atoms with Crippen molar-refractivity contribution in [3.8, 4) is 17.2 Å². The molecule has 0 fully saturated rings. The van der Waals surface area contributed by atoms with E-state index >= 15 is 0 Å². The Hall–Kier alpha value is -3.73. The number of nitrogens with one attached hydrogen (secondary N) is 2. The number of halogens is 2. The standard InChI is InChI=1S/C26H23Cl2N5O4S/c1-36-19-9-6-17(7-10-19)30-24(34)15-38-26-32-31-23(33(26)18-8-11-21(27)22(28)13-18)14-29-25(35)16-4-3-5-20(12-16)37-2/h3-13H,14-15H2,1-2H3,(H,29,35)(H,30,34). The first-order chi connectivity index (χ1) is 18.4. The van der Waals surface area contributed by atoms with Crippen LogP contribution in [0.4, 0.5) is 5.69 Å². The van der Waals surface area contributed by atoms with Gasteiger partial charge >= 0.3 is 0 Å².